The highest BCUT2D eigenvalue weighted by molar-refractivity contribution is 5.76. The number of methoxy groups -OCH3 is 4. The second kappa shape index (κ2) is 11.4. The van der Waals surface area contributed by atoms with E-state index in [0.29, 0.717) is 22.8 Å². The Labute approximate surface area is 197 Å². The van der Waals surface area contributed by atoms with Crippen molar-refractivity contribution in [3.05, 3.63) is 41.5 Å². The lowest BCUT2D eigenvalue weighted by molar-refractivity contribution is -0.277. The minimum Gasteiger partial charge on any atom is -0.497 e. The molecule has 1 fully saturated rings. The molecule has 0 bridgehead atoms. The van der Waals surface area contributed by atoms with Gasteiger partial charge in [0.2, 0.25) is 6.29 Å². The van der Waals surface area contributed by atoms with Gasteiger partial charge in [0, 0.05) is 17.7 Å². The molecule has 3 rings (SSSR count). The summed E-state index contributed by atoms with van der Waals surface area (Å²) < 4.78 is 32.8. The second-order valence-corrected chi connectivity index (χ2v) is 7.54. The van der Waals surface area contributed by atoms with Crippen molar-refractivity contribution in [2.24, 2.45) is 0 Å². The monoisotopic (exact) mass is 478 g/mol. The average Bonchev–Trinajstić information content (AvgIpc) is 2.87. The molecular formula is C24H30O10. The van der Waals surface area contributed by atoms with Crippen LogP contribution in [0.1, 0.15) is 11.1 Å². The zero-order chi connectivity index (χ0) is 24.8. The van der Waals surface area contributed by atoms with Crippen LogP contribution >= 0.6 is 0 Å². The van der Waals surface area contributed by atoms with Gasteiger partial charge in [-0.05, 0) is 23.8 Å². The second-order valence-electron chi connectivity index (χ2n) is 7.54. The summed E-state index contributed by atoms with van der Waals surface area (Å²) in [6.45, 7) is -0.574. The van der Waals surface area contributed by atoms with Crippen molar-refractivity contribution in [2.45, 2.75) is 30.7 Å². The molecule has 0 aromatic heterocycles. The molecule has 0 unspecified atom stereocenters. The first-order valence-corrected chi connectivity index (χ1v) is 10.5. The van der Waals surface area contributed by atoms with Crippen LogP contribution in [0.2, 0.25) is 0 Å². The van der Waals surface area contributed by atoms with Crippen LogP contribution in [0.25, 0.3) is 12.2 Å². The molecule has 0 aliphatic carbocycles. The molecule has 2 aromatic carbocycles. The van der Waals surface area contributed by atoms with Gasteiger partial charge in [0.1, 0.15) is 41.7 Å². The summed E-state index contributed by atoms with van der Waals surface area (Å²) >= 11 is 0. The van der Waals surface area contributed by atoms with E-state index in [0.717, 1.165) is 5.56 Å². The van der Waals surface area contributed by atoms with Crippen LogP contribution in [0, 0.1) is 0 Å². The van der Waals surface area contributed by atoms with Gasteiger partial charge < -0.3 is 48.8 Å². The zero-order valence-corrected chi connectivity index (χ0v) is 19.4. The van der Waals surface area contributed by atoms with E-state index >= 15 is 0 Å². The molecule has 1 heterocycles. The van der Waals surface area contributed by atoms with Gasteiger partial charge in [-0.3, -0.25) is 0 Å². The van der Waals surface area contributed by atoms with Crippen molar-refractivity contribution >= 4 is 12.2 Å². The van der Waals surface area contributed by atoms with Gasteiger partial charge in [0.05, 0.1) is 35.0 Å². The summed E-state index contributed by atoms with van der Waals surface area (Å²) in [6, 6.07) is 8.66. The molecule has 34 heavy (non-hydrogen) atoms. The average molecular weight is 478 g/mol. The quantitative estimate of drug-likeness (QED) is 0.388. The number of aliphatic hydroxyl groups excluding tert-OH is 4. The van der Waals surface area contributed by atoms with Crippen molar-refractivity contribution < 1.29 is 48.8 Å². The summed E-state index contributed by atoms with van der Waals surface area (Å²) in [5.74, 6) is 2.18. The fourth-order valence-corrected chi connectivity index (χ4v) is 3.51. The van der Waals surface area contributed by atoms with Crippen molar-refractivity contribution in [1.29, 1.82) is 0 Å². The molecule has 0 radical (unpaired) electrons. The van der Waals surface area contributed by atoms with Crippen LogP contribution in [0.3, 0.4) is 0 Å². The Morgan fingerprint density at radius 3 is 1.94 bits per heavy atom. The Balaban J connectivity index is 2.00. The fraction of sp³-hybridized carbons (Fsp3) is 0.417. The minimum absolute atomic E-state index is 0.193. The van der Waals surface area contributed by atoms with Gasteiger partial charge in [-0.25, -0.2) is 0 Å². The number of hydrogen-bond donors (Lipinski definition) is 4. The first-order chi connectivity index (χ1) is 16.3. The van der Waals surface area contributed by atoms with Crippen LogP contribution in [-0.2, 0) is 4.74 Å². The number of hydrogen-bond acceptors (Lipinski definition) is 10. The van der Waals surface area contributed by atoms with Crippen LogP contribution in [-0.4, -0.2) is 86.2 Å². The van der Waals surface area contributed by atoms with Crippen molar-refractivity contribution in [3.8, 4) is 28.7 Å². The first-order valence-electron chi connectivity index (χ1n) is 10.5. The molecule has 1 saturated heterocycles. The molecule has 4 N–H and O–H groups in total. The summed E-state index contributed by atoms with van der Waals surface area (Å²) in [7, 11) is 6.06. The Morgan fingerprint density at radius 1 is 0.765 bits per heavy atom. The summed E-state index contributed by atoms with van der Waals surface area (Å²) in [4.78, 5) is 0. The highest BCUT2D eigenvalue weighted by atomic mass is 16.7. The van der Waals surface area contributed by atoms with Crippen molar-refractivity contribution in [2.75, 3.05) is 35.0 Å². The van der Waals surface area contributed by atoms with Gasteiger partial charge in [-0.1, -0.05) is 12.2 Å². The van der Waals surface area contributed by atoms with Crippen LogP contribution < -0.4 is 23.7 Å². The van der Waals surface area contributed by atoms with E-state index in [1.807, 2.05) is 12.1 Å². The normalized spacial score (nSPS) is 24.6. The molecule has 0 spiro atoms. The van der Waals surface area contributed by atoms with E-state index in [1.54, 1.807) is 44.6 Å². The van der Waals surface area contributed by atoms with E-state index in [4.69, 9.17) is 28.4 Å². The summed E-state index contributed by atoms with van der Waals surface area (Å²) in [5, 5.41) is 40.0. The third-order valence-electron chi connectivity index (χ3n) is 5.42. The van der Waals surface area contributed by atoms with Crippen molar-refractivity contribution in [3.63, 3.8) is 0 Å². The standard InChI is InChI=1S/C24H30O10/c1-29-15-7-13(8-16(10-15)30-2)5-6-14-9-17(31-3)11-18(32-4)23(14)34-24-22(28)21(27)20(26)19(12-25)33-24/h5-11,19-22,24-28H,12H2,1-4H3/b6-5+/t19-,20+,21+,22-,24-/m1/s1. The zero-order valence-electron chi connectivity index (χ0n) is 19.4. The Bertz CT molecular complexity index is 968. The molecule has 186 valence electrons. The predicted molar refractivity (Wildman–Crippen MR) is 122 cm³/mol. The highest BCUT2D eigenvalue weighted by Crippen LogP contribution is 2.39. The highest BCUT2D eigenvalue weighted by Gasteiger charge is 2.45. The maximum absolute atomic E-state index is 10.4. The Hall–Kier alpha value is -3.02. The Kier molecular flexibility index (Phi) is 8.59. The van der Waals surface area contributed by atoms with Crippen molar-refractivity contribution in [1.82, 2.24) is 0 Å². The molecule has 1 aliphatic rings. The lowest BCUT2D eigenvalue weighted by Crippen LogP contribution is -2.60. The van der Waals surface area contributed by atoms with E-state index in [-0.39, 0.29) is 11.5 Å². The number of rotatable bonds is 9. The molecule has 1 aliphatic heterocycles. The Morgan fingerprint density at radius 2 is 1.38 bits per heavy atom. The third kappa shape index (κ3) is 5.54. The van der Waals surface area contributed by atoms with E-state index in [2.05, 4.69) is 0 Å². The first kappa shape index (κ1) is 25.6. The topological polar surface area (TPSA) is 136 Å². The van der Waals surface area contributed by atoms with Gasteiger partial charge in [-0.2, -0.15) is 0 Å². The summed E-state index contributed by atoms with van der Waals surface area (Å²) in [6.07, 6.45) is -3.64. The fourth-order valence-electron chi connectivity index (χ4n) is 3.51. The van der Waals surface area contributed by atoms with E-state index < -0.39 is 37.3 Å². The number of aliphatic hydroxyl groups is 4. The predicted octanol–water partition coefficient (Wildman–Crippen LogP) is 1.07. The molecule has 10 nitrogen and oxygen atoms in total. The van der Waals surface area contributed by atoms with E-state index in [1.165, 1.54) is 14.2 Å². The van der Waals surface area contributed by atoms with Gasteiger partial charge in [0.15, 0.2) is 11.5 Å². The van der Waals surface area contributed by atoms with Crippen LogP contribution in [0.4, 0.5) is 0 Å². The van der Waals surface area contributed by atoms with Gasteiger partial charge in [0.25, 0.3) is 0 Å². The SMILES string of the molecule is COc1cc(/C=C/c2cc(OC)cc(OC)c2O[C@H]2O[C@H](CO)[C@H](O)[C@H](O)[C@H]2O)cc(OC)c1. The number of ether oxygens (including phenoxy) is 6. The molecule has 5 atom stereocenters. The molecule has 0 saturated carbocycles. The minimum atomic E-state index is -1.58. The van der Waals surface area contributed by atoms with Crippen LogP contribution in [0.15, 0.2) is 30.3 Å². The lowest BCUT2D eigenvalue weighted by atomic mass is 9.99. The molecular weight excluding hydrogens is 448 g/mol. The van der Waals surface area contributed by atoms with E-state index in [9.17, 15) is 20.4 Å². The lowest BCUT2D eigenvalue weighted by Gasteiger charge is -2.39. The van der Waals surface area contributed by atoms with Crippen LogP contribution in [0.5, 0.6) is 28.7 Å². The van der Waals surface area contributed by atoms with Gasteiger partial charge in [-0.15, -0.1) is 0 Å². The summed E-state index contributed by atoms with van der Waals surface area (Å²) in [5.41, 5.74) is 1.28. The maximum atomic E-state index is 10.4. The maximum Gasteiger partial charge on any atom is 0.229 e. The molecule has 10 heteroatoms. The van der Waals surface area contributed by atoms with Gasteiger partial charge >= 0.3 is 0 Å². The molecule has 0 amide bonds. The smallest absolute Gasteiger partial charge is 0.229 e. The third-order valence-corrected chi connectivity index (χ3v) is 5.42. The largest absolute Gasteiger partial charge is 0.497 e. The molecule has 2 aromatic rings. The number of benzene rings is 2.